The van der Waals surface area contributed by atoms with Gasteiger partial charge in [-0.15, -0.1) is 0 Å². The van der Waals surface area contributed by atoms with Crippen molar-refractivity contribution in [2.24, 2.45) is 0 Å². The molecular formula is C10H21NO5. The summed E-state index contributed by atoms with van der Waals surface area (Å²) in [5, 5.41) is 31.7. The average molecular weight is 235 g/mol. The third-order valence-electron chi connectivity index (χ3n) is 2.77. The van der Waals surface area contributed by atoms with Crippen LogP contribution in [0.5, 0.6) is 0 Å². The SMILES string of the molecule is CCCNC1C(O)OC(CO)C(OC)C1O. The molecule has 1 rings (SSSR count). The van der Waals surface area contributed by atoms with Crippen molar-refractivity contribution in [3.05, 3.63) is 0 Å². The van der Waals surface area contributed by atoms with Crippen LogP contribution in [0.1, 0.15) is 13.3 Å². The first-order valence-corrected chi connectivity index (χ1v) is 5.54. The second-order valence-electron chi connectivity index (χ2n) is 3.92. The molecule has 4 N–H and O–H groups in total. The Bertz CT molecular complexity index is 204. The third-order valence-corrected chi connectivity index (χ3v) is 2.77. The van der Waals surface area contributed by atoms with Crippen LogP contribution in [0, 0.1) is 0 Å². The van der Waals surface area contributed by atoms with Gasteiger partial charge in [0.05, 0.1) is 12.6 Å². The maximum atomic E-state index is 9.99. The summed E-state index contributed by atoms with van der Waals surface area (Å²) < 4.78 is 10.3. The van der Waals surface area contributed by atoms with Gasteiger partial charge in [-0.2, -0.15) is 0 Å². The highest BCUT2D eigenvalue weighted by molar-refractivity contribution is 4.93. The Morgan fingerprint density at radius 3 is 2.56 bits per heavy atom. The van der Waals surface area contributed by atoms with Crippen molar-refractivity contribution in [3.8, 4) is 0 Å². The summed E-state index contributed by atoms with van der Waals surface area (Å²) in [6, 6.07) is -0.590. The number of rotatable bonds is 5. The summed E-state index contributed by atoms with van der Waals surface area (Å²) in [5.41, 5.74) is 0. The molecule has 0 radical (unpaired) electrons. The van der Waals surface area contributed by atoms with Crippen LogP contribution >= 0.6 is 0 Å². The van der Waals surface area contributed by atoms with Gasteiger partial charge in [-0.3, -0.25) is 0 Å². The maximum Gasteiger partial charge on any atom is 0.173 e. The Labute approximate surface area is 95.2 Å². The number of aliphatic hydroxyl groups is 3. The normalized spacial score (nSPS) is 39.9. The summed E-state index contributed by atoms with van der Waals surface area (Å²) >= 11 is 0. The van der Waals surface area contributed by atoms with Crippen LogP contribution in [0.2, 0.25) is 0 Å². The predicted octanol–water partition coefficient (Wildman–Crippen LogP) is -1.56. The minimum Gasteiger partial charge on any atom is -0.394 e. The largest absolute Gasteiger partial charge is 0.394 e. The quantitative estimate of drug-likeness (QED) is 0.461. The second-order valence-corrected chi connectivity index (χ2v) is 3.92. The van der Waals surface area contributed by atoms with E-state index in [0.717, 1.165) is 6.42 Å². The fraction of sp³-hybridized carbons (Fsp3) is 1.00. The van der Waals surface area contributed by atoms with Gasteiger partial charge in [-0.25, -0.2) is 0 Å². The summed E-state index contributed by atoms with van der Waals surface area (Å²) in [5.74, 6) is 0. The molecular weight excluding hydrogens is 214 g/mol. The molecule has 0 aromatic carbocycles. The van der Waals surface area contributed by atoms with E-state index in [1.807, 2.05) is 6.92 Å². The average Bonchev–Trinajstić information content (AvgIpc) is 2.28. The van der Waals surface area contributed by atoms with Gasteiger partial charge in [0.2, 0.25) is 0 Å². The molecule has 1 saturated heterocycles. The third kappa shape index (κ3) is 2.91. The molecule has 0 aromatic heterocycles. The summed E-state index contributed by atoms with van der Waals surface area (Å²) in [7, 11) is 1.44. The lowest BCUT2D eigenvalue weighted by molar-refractivity contribution is -0.259. The van der Waals surface area contributed by atoms with E-state index in [4.69, 9.17) is 14.6 Å². The minimum absolute atomic E-state index is 0.298. The minimum atomic E-state index is -1.13. The predicted molar refractivity (Wildman–Crippen MR) is 56.9 cm³/mol. The molecule has 0 saturated carbocycles. The molecule has 96 valence electrons. The zero-order chi connectivity index (χ0) is 12.1. The van der Waals surface area contributed by atoms with Crippen LogP contribution in [0.15, 0.2) is 0 Å². The van der Waals surface area contributed by atoms with E-state index < -0.39 is 30.6 Å². The smallest absolute Gasteiger partial charge is 0.173 e. The molecule has 6 nitrogen and oxygen atoms in total. The van der Waals surface area contributed by atoms with Crippen molar-refractivity contribution >= 4 is 0 Å². The molecule has 0 aromatic rings. The Morgan fingerprint density at radius 1 is 1.38 bits per heavy atom. The van der Waals surface area contributed by atoms with Gasteiger partial charge in [0.15, 0.2) is 6.29 Å². The van der Waals surface area contributed by atoms with Crippen molar-refractivity contribution in [1.29, 1.82) is 0 Å². The van der Waals surface area contributed by atoms with E-state index in [9.17, 15) is 10.2 Å². The van der Waals surface area contributed by atoms with Gasteiger partial charge >= 0.3 is 0 Å². The summed E-state index contributed by atoms with van der Waals surface area (Å²) in [6.45, 7) is 2.36. The number of aliphatic hydroxyl groups excluding tert-OH is 3. The summed E-state index contributed by atoms with van der Waals surface area (Å²) in [6.07, 6.45) is -2.49. The van der Waals surface area contributed by atoms with E-state index in [1.54, 1.807) is 0 Å². The van der Waals surface area contributed by atoms with Crippen LogP contribution in [-0.4, -0.2) is 66.2 Å². The van der Waals surface area contributed by atoms with Crippen molar-refractivity contribution in [1.82, 2.24) is 5.32 Å². The lowest BCUT2D eigenvalue weighted by Crippen LogP contribution is -2.63. The number of hydrogen-bond acceptors (Lipinski definition) is 6. The van der Waals surface area contributed by atoms with Crippen LogP contribution in [0.4, 0.5) is 0 Å². The van der Waals surface area contributed by atoms with Crippen LogP contribution in [-0.2, 0) is 9.47 Å². The van der Waals surface area contributed by atoms with Crippen molar-refractivity contribution < 1.29 is 24.8 Å². The number of methoxy groups -OCH3 is 1. The van der Waals surface area contributed by atoms with E-state index in [2.05, 4.69) is 5.32 Å². The molecule has 5 unspecified atom stereocenters. The van der Waals surface area contributed by atoms with Gasteiger partial charge in [0.1, 0.15) is 18.3 Å². The molecule has 0 amide bonds. The lowest BCUT2D eigenvalue weighted by Gasteiger charge is -2.42. The molecule has 1 aliphatic heterocycles. The second kappa shape index (κ2) is 6.48. The molecule has 16 heavy (non-hydrogen) atoms. The van der Waals surface area contributed by atoms with E-state index in [0.29, 0.717) is 6.54 Å². The topological polar surface area (TPSA) is 91.2 Å². The van der Waals surface area contributed by atoms with E-state index >= 15 is 0 Å². The lowest BCUT2D eigenvalue weighted by atomic mass is 9.97. The van der Waals surface area contributed by atoms with Crippen LogP contribution < -0.4 is 5.32 Å². The first kappa shape index (κ1) is 13.8. The van der Waals surface area contributed by atoms with Crippen LogP contribution in [0.3, 0.4) is 0 Å². The Morgan fingerprint density at radius 2 is 2.06 bits per heavy atom. The van der Waals surface area contributed by atoms with Crippen molar-refractivity contribution in [2.45, 2.75) is 44.0 Å². The summed E-state index contributed by atoms with van der Waals surface area (Å²) in [4.78, 5) is 0. The van der Waals surface area contributed by atoms with Gasteiger partial charge in [0.25, 0.3) is 0 Å². The fourth-order valence-electron chi connectivity index (χ4n) is 1.90. The van der Waals surface area contributed by atoms with Gasteiger partial charge in [-0.1, -0.05) is 6.92 Å². The highest BCUT2D eigenvalue weighted by atomic mass is 16.6. The Kier molecular flexibility index (Phi) is 5.60. The maximum absolute atomic E-state index is 9.99. The van der Waals surface area contributed by atoms with Gasteiger partial charge in [0, 0.05) is 7.11 Å². The van der Waals surface area contributed by atoms with E-state index in [-0.39, 0.29) is 6.61 Å². The van der Waals surface area contributed by atoms with Gasteiger partial charge in [-0.05, 0) is 13.0 Å². The molecule has 1 fully saturated rings. The highest BCUT2D eigenvalue weighted by Gasteiger charge is 2.44. The Balaban J connectivity index is 2.65. The molecule has 1 aliphatic rings. The van der Waals surface area contributed by atoms with Crippen LogP contribution in [0.25, 0.3) is 0 Å². The molecule has 0 aliphatic carbocycles. The zero-order valence-corrected chi connectivity index (χ0v) is 9.67. The molecule has 6 heteroatoms. The number of nitrogens with one attached hydrogen (secondary N) is 1. The Hall–Kier alpha value is -0.240. The molecule has 0 spiro atoms. The zero-order valence-electron chi connectivity index (χ0n) is 9.67. The number of hydrogen-bond donors (Lipinski definition) is 4. The monoisotopic (exact) mass is 235 g/mol. The first-order valence-electron chi connectivity index (χ1n) is 5.54. The van der Waals surface area contributed by atoms with Crippen molar-refractivity contribution in [2.75, 3.05) is 20.3 Å². The fourth-order valence-corrected chi connectivity index (χ4v) is 1.90. The molecule has 0 bridgehead atoms. The molecule has 5 atom stereocenters. The number of ether oxygens (including phenoxy) is 2. The highest BCUT2D eigenvalue weighted by Crippen LogP contribution is 2.21. The first-order chi connectivity index (χ1) is 7.65. The van der Waals surface area contributed by atoms with E-state index in [1.165, 1.54) is 7.11 Å². The van der Waals surface area contributed by atoms with Gasteiger partial charge < -0.3 is 30.1 Å². The molecule has 1 heterocycles. The van der Waals surface area contributed by atoms with Crippen molar-refractivity contribution in [3.63, 3.8) is 0 Å². The standard InChI is InChI=1S/C10H21NO5/c1-3-4-11-7-8(13)9(15-2)6(5-12)16-10(7)14/h6-14H,3-5H2,1-2H3.